The number of hydrogen-bond acceptors (Lipinski definition) is 3. The van der Waals surface area contributed by atoms with Crippen LogP contribution in [-0.2, 0) is 11.2 Å². The predicted octanol–water partition coefficient (Wildman–Crippen LogP) is 2.67. The number of rotatable bonds is 5. The lowest BCUT2D eigenvalue weighted by Crippen LogP contribution is -2.33. The third-order valence-corrected chi connectivity index (χ3v) is 4.22. The lowest BCUT2D eigenvalue weighted by Gasteiger charge is -2.23. The number of pyridine rings is 1. The van der Waals surface area contributed by atoms with Crippen LogP contribution in [0.3, 0.4) is 0 Å². The van der Waals surface area contributed by atoms with Gasteiger partial charge in [0.2, 0.25) is 0 Å². The third-order valence-electron chi connectivity index (χ3n) is 4.22. The molecule has 0 spiro atoms. The van der Waals surface area contributed by atoms with Crippen molar-refractivity contribution in [3.05, 3.63) is 46.1 Å². The van der Waals surface area contributed by atoms with Gasteiger partial charge >= 0.3 is 0 Å². The van der Waals surface area contributed by atoms with E-state index in [0.717, 1.165) is 31.6 Å². The summed E-state index contributed by atoms with van der Waals surface area (Å²) in [5.41, 5.74) is 0.541. The Labute approximate surface area is 128 Å². The van der Waals surface area contributed by atoms with Crippen molar-refractivity contribution in [2.45, 2.75) is 32.4 Å². The van der Waals surface area contributed by atoms with Gasteiger partial charge in [0.15, 0.2) is 0 Å². The molecule has 1 unspecified atom stereocenters. The van der Waals surface area contributed by atoms with Crippen LogP contribution < -0.4 is 5.56 Å². The molecule has 22 heavy (non-hydrogen) atoms. The van der Waals surface area contributed by atoms with Gasteiger partial charge in [-0.05, 0) is 38.0 Å². The molecule has 0 aliphatic carbocycles. The second kappa shape index (κ2) is 6.58. The largest absolute Gasteiger partial charge is 0.363 e. The molecule has 2 aromatic rings. The maximum absolute atomic E-state index is 13.9. The lowest BCUT2D eigenvalue weighted by atomic mass is 10.1. The fourth-order valence-corrected chi connectivity index (χ4v) is 3.14. The van der Waals surface area contributed by atoms with E-state index in [1.165, 1.54) is 6.07 Å². The molecule has 2 heterocycles. The number of ether oxygens (including phenoxy) is 1. The summed E-state index contributed by atoms with van der Waals surface area (Å²) in [6.45, 7) is 4.52. The average molecular weight is 304 g/mol. The van der Waals surface area contributed by atoms with Gasteiger partial charge in [0, 0.05) is 42.6 Å². The van der Waals surface area contributed by atoms with Gasteiger partial charge in [-0.3, -0.25) is 9.69 Å². The number of halogens is 1. The smallest absolute Gasteiger partial charge is 0.256 e. The standard InChI is InChI=1S/C17H21FN2O2/c1-2-22-16-7-4-9-20(16)10-8-12-11-14-13(17(21)19-12)5-3-6-15(14)18/h3,5-6,11,16H,2,4,7-10H2,1H3,(H,19,21). The second-order valence-corrected chi connectivity index (χ2v) is 5.66. The zero-order valence-electron chi connectivity index (χ0n) is 12.8. The highest BCUT2D eigenvalue weighted by atomic mass is 19.1. The van der Waals surface area contributed by atoms with Crippen molar-refractivity contribution in [2.75, 3.05) is 19.7 Å². The number of nitrogens with zero attached hydrogens (tertiary/aromatic N) is 1. The van der Waals surface area contributed by atoms with Crippen LogP contribution >= 0.6 is 0 Å². The number of aromatic amines is 1. The molecule has 0 amide bonds. The molecule has 118 valence electrons. The predicted molar refractivity (Wildman–Crippen MR) is 84.5 cm³/mol. The molecule has 1 aromatic carbocycles. The van der Waals surface area contributed by atoms with Gasteiger partial charge in [0.1, 0.15) is 12.0 Å². The quantitative estimate of drug-likeness (QED) is 0.923. The number of benzene rings is 1. The number of H-pyrrole nitrogens is 1. The molecule has 3 rings (SSSR count). The van der Waals surface area contributed by atoms with Gasteiger partial charge < -0.3 is 9.72 Å². The fraction of sp³-hybridized carbons (Fsp3) is 0.471. The molecule has 1 aliphatic rings. The van der Waals surface area contributed by atoms with E-state index in [2.05, 4.69) is 9.88 Å². The van der Waals surface area contributed by atoms with Crippen LogP contribution in [0.4, 0.5) is 4.39 Å². The van der Waals surface area contributed by atoms with Crippen LogP contribution in [0.25, 0.3) is 10.8 Å². The Morgan fingerprint density at radius 1 is 1.41 bits per heavy atom. The molecular formula is C17H21FN2O2. The normalized spacial score (nSPS) is 19.1. The third kappa shape index (κ3) is 3.05. The summed E-state index contributed by atoms with van der Waals surface area (Å²) in [5, 5.41) is 0.793. The summed E-state index contributed by atoms with van der Waals surface area (Å²) < 4.78 is 19.6. The first-order valence-electron chi connectivity index (χ1n) is 7.85. The van der Waals surface area contributed by atoms with E-state index in [4.69, 9.17) is 4.74 Å². The first-order valence-corrected chi connectivity index (χ1v) is 7.85. The minimum Gasteiger partial charge on any atom is -0.363 e. The summed E-state index contributed by atoms with van der Waals surface area (Å²) in [7, 11) is 0. The monoisotopic (exact) mass is 304 g/mol. The summed E-state index contributed by atoms with van der Waals surface area (Å²) in [4.78, 5) is 17.2. The first kappa shape index (κ1) is 15.2. The van der Waals surface area contributed by atoms with Gasteiger partial charge in [-0.1, -0.05) is 6.07 Å². The molecule has 0 bridgehead atoms. The summed E-state index contributed by atoms with van der Waals surface area (Å²) in [6.07, 6.45) is 3.04. The van der Waals surface area contributed by atoms with Crippen molar-refractivity contribution in [3.63, 3.8) is 0 Å². The van der Waals surface area contributed by atoms with Gasteiger partial charge in [-0.15, -0.1) is 0 Å². The van der Waals surface area contributed by atoms with Gasteiger partial charge in [0.25, 0.3) is 5.56 Å². The minimum absolute atomic E-state index is 0.175. The fourth-order valence-electron chi connectivity index (χ4n) is 3.14. The van der Waals surface area contributed by atoms with Gasteiger partial charge in [0.05, 0.1) is 0 Å². The van der Waals surface area contributed by atoms with E-state index in [0.29, 0.717) is 23.8 Å². The molecule has 1 aliphatic heterocycles. The maximum Gasteiger partial charge on any atom is 0.256 e. The zero-order valence-corrected chi connectivity index (χ0v) is 12.8. The van der Waals surface area contributed by atoms with Crippen molar-refractivity contribution < 1.29 is 9.13 Å². The number of fused-ring (bicyclic) bond motifs is 1. The van der Waals surface area contributed by atoms with Crippen LogP contribution in [0, 0.1) is 5.82 Å². The SMILES string of the molecule is CCOC1CCCN1CCc1cc2c(F)cccc2c(=O)[nH]1. The highest BCUT2D eigenvalue weighted by molar-refractivity contribution is 5.82. The Bertz CT molecular complexity index is 713. The molecule has 1 fully saturated rings. The molecule has 1 N–H and O–H groups in total. The van der Waals surface area contributed by atoms with Crippen molar-refractivity contribution >= 4 is 10.8 Å². The molecule has 0 radical (unpaired) electrons. The molecule has 1 atom stereocenters. The average Bonchev–Trinajstić information content (AvgIpc) is 2.94. The van der Waals surface area contributed by atoms with Gasteiger partial charge in [-0.25, -0.2) is 4.39 Å². The second-order valence-electron chi connectivity index (χ2n) is 5.66. The molecule has 0 saturated carbocycles. The van der Waals surface area contributed by atoms with E-state index < -0.39 is 0 Å². The van der Waals surface area contributed by atoms with Crippen molar-refractivity contribution in [3.8, 4) is 0 Å². The van der Waals surface area contributed by atoms with E-state index in [-0.39, 0.29) is 17.6 Å². The molecule has 1 aromatic heterocycles. The molecular weight excluding hydrogens is 283 g/mol. The Morgan fingerprint density at radius 3 is 3.09 bits per heavy atom. The van der Waals surface area contributed by atoms with E-state index in [9.17, 15) is 9.18 Å². The molecule has 5 heteroatoms. The van der Waals surface area contributed by atoms with E-state index in [1.807, 2.05) is 6.92 Å². The van der Waals surface area contributed by atoms with E-state index in [1.54, 1.807) is 18.2 Å². The van der Waals surface area contributed by atoms with Crippen molar-refractivity contribution in [1.29, 1.82) is 0 Å². The number of hydrogen-bond donors (Lipinski definition) is 1. The Balaban J connectivity index is 1.77. The van der Waals surface area contributed by atoms with Crippen LogP contribution in [0.2, 0.25) is 0 Å². The summed E-state index contributed by atoms with van der Waals surface area (Å²) >= 11 is 0. The summed E-state index contributed by atoms with van der Waals surface area (Å²) in [5.74, 6) is -0.349. The number of likely N-dealkylation sites (tertiary alicyclic amines) is 1. The highest BCUT2D eigenvalue weighted by Crippen LogP contribution is 2.19. The van der Waals surface area contributed by atoms with E-state index >= 15 is 0 Å². The Kier molecular flexibility index (Phi) is 4.55. The number of aromatic nitrogens is 1. The number of nitrogens with one attached hydrogen (secondary N) is 1. The maximum atomic E-state index is 13.9. The minimum atomic E-state index is -0.349. The Hall–Kier alpha value is -1.72. The Morgan fingerprint density at radius 2 is 2.27 bits per heavy atom. The molecule has 4 nitrogen and oxygen atoms in total. The topological polar surface area (TPSA) is 45.3 Å². The highest BCUT2D eigenvalue weighted by Gasteiger charge is 2.24. The van der Waals surface area contributed by atoms with Crippen LogP contribution in [-0.4, -0.2) is 35.8 Å². The van der Waals surface area contributed by atoms with Crippen molar-refractivity contribution in [2.24, 2.45) is 0 Å². The van der Waals surface area contributed by atoms with Crippen LogP contribution in [0.1, 0.15) is 25.5 Å². The zero-order chi connectivity index (χ0) is 15.5. The van der Waals surface area contributed by atoms with Crippen molar-refractivity contribution in [1.82, 2.24) is 9.88 Å². The van der Waals surface area contributed by atoms with Gasteiger partial charge in [-0.2, -0.15) is 0 Å². The summed E-state index contributed by atoms with van der Waals surface area (Å²) in [6, 6.07) is 6.34. The van der Waals surface area contributed by atoms with Crippen LogP contribution in [0.15, 0.2) is 29.1 Å². The molecule has 1 saturated heterocycles. The lowest BCUT2D eigenvalue weighted by molar-refractivity contribution is -0.0287. The first-order chi connectivity index (χ1) is 10.7. The van der Waals surface area contributed by atoms with Crippen LogP contribution in [0.5, 0.6) is 0 Å².